The van der Waals surface area contributed by atoms with Crippen molar-refractivity contribution in [2.24, 2.45) is 17.4 Å². The lowest BCUT2D eigenvalue weighted by molar-refractivity contribution is -0.142. The van der Waals surface area contributed by atoms with E-state index in [0.717, 1.165) is 0 Å². The van der Waals surface area contributed by atoms with Crippen molar-refractivity contribution in [3.63, 3.8) is 0 Å². The molecule has 2 atom stereocenters. The van der Waals surface area contributed by atoms with Crippen molar-refractivity contribution in [1.29, 1.82) is 0 Å². The van der Waals surface area contributed by atoms with Gasteiger partial charge in [0.1, 0.15) is 12.1 Å². The number of hydrogen-bond acceptors (Lipinski definition) is 6. The van der Waals surface area contributed by atoms with Gasteiger partial charge in [-0.25, -0.2) is 0 Å². The van der Waals surface area contributed by atoms with Crippen LogP contribution < -0.4 is 11.5 Å². The smallest absolute Gasteiger partial charge is 0.320 e. The van der Waals surface area contributed by atoms with Crippen molar-refractivity contribution < 1.29 is 29.3 Å². The lowest BCUT2D eigenvalue weighted by Gasteiger charge is -2.07. The molecule has 0 radical (unpaired) electrons. The van der Waals surface area contributed by atoms with Gasteiger partial charge in [0, 0.05) is 6.42 Å². The number of ether oxygens (including phenoxy) is 1. The number of rotatable bonds is 7. The lowest BCUT2D eigenvalue weighted by atomic mass is 10.1. The van der Waals surface area contributed by atoms with Crippen LogP contribution in [-0.2, 0) is 19.1 Å². The zero-order chi connectivity index (χ0) is 16.3. The quantitative estimate of drug-likeness (QED) is 0.470. The number of carbonyl (C=O) groups is 3. The summed E-state index contributed by atoms with van der Waals surface area (Å²) >= 11 is 0. The molecule has 8 nitrogen and oxygen atoms in total. The molecule has 0 aliphatic heterocycles. The van der Waals surface area contributed by atoms with E-state index in [1.54, 1.807) is 0 Å². The van der Waals surface area contributed by atoms with Crippen molar-refractivity contribution in [3.8, 4) is 0 Å². The number of esters is 1. The Morgan fingerprint density at radius 2 is 1.50 bits per heavy atom. The summed E-state index contributed by atoms with van der Waals surface area (Å²) < 4.78 is 4.29. The third-order valence-corrected chi connectivity index (χ3v) is 2.25. The Bertz CT molecular complexity index is 319. The molecule has 2 unspecified atom stereocenters. The molecule has 0 heterocycles. The normalized spacial score (nSPS) is 12.9. The first-order chi connectivity index (χ1) is 9.11. The maximum atomic E-state index is 10.5. The monoisotopic (exact) mass is 292 g/mol. The molecular formula is C12H24N2O6. The van der Waals surface area contributed by atoms with Gasteiger partial charge in [0.2, 0.25) is 0 Å². The van der Waals surface area contributed by atoms with E-state index in [0.29, 0.717) is 12.3 Å². The van der Waals surface area contributed by atoms with Crippen LogP contribution in [0.2, 0.25) is 0 Å². The van der Waals surface area contributed by atoms with Crippen LogP contribution in [0.5, 0.6) is 0 Å². The van der Waals surface area contributed by atoms with Crippen LogP contribution in [0.4, 0.5) is 0 Å². The molecule has 0 rings (SSSR count). The van der Waals surface area contributed by atoms with Crippen molar-refractivity contribution in [3.05, 3.63) is 0 Å². The zero-order valence-corrected chi connectivity index (χ0v) is 12.0. The second kappa shape index (κ2) is 11.2. The average Bonchev–Trinajstić information content (AvgIpc) is 2.35. The fourth-order valence-electron chi connectivity index (χ4n) is 1.11. The molecule has 118 valence electrons. The van der Waals surface area contributed by atoms with Gasteiger partial charge < -0.3 is 26.4 Å². The minimum Gasteiger partial charge on any atom is -0.480 e. The third-order valence-electron chi connectivity index (χ3n) is 2.25. The molecule has 0 aliphatic rings. The molecule has 0 aromatic carbocycles. The molecular weight excluding hydrogens is 268 g/mol. The van der Waals surface area contributed by atoms with E-state index in [2.05, 4.69) is 4.74 Å². The Labute approximate surface area is 118 Å². The second-order valence-corrected chi connectivity index (χ2v) is 4.63. The predicted molar refractivity (Wildman–Crippen MR) is 71.9 cm³/mol. The fourth-order valence-corrected chi connectivity index (χ4v) is 1.11. The van der Waals surface area contributed by atoms with Gasteiger partial charge in [-0.3, -0.25) is 14.4 Å². The molecule has 0 aromatic heterocycles. The van der Waals surface area contributed by atoms with Gasteiger partial charge in [0.05, 0.1) is 7.11 Å². The number of nitrogens with two attached hydrogens (primary N) is 2. The van der Waals surface area contributed by atoms with Gasteiger partial charge in [-0.05, 0) is 18.8 Å². The number of carbonyl (C=O) groups excluding carboxylic acids is 1. The van der Waals surface area contributed by atoms with Crippen LogP contribution >= 0.6 is 0 Å². The van der Waals surface area contributed by atoms with E-state index in [-0.39, 0.29) is 12.8 Å². The van der Waals surface area contributed by atoms with Crippen LogP contribution in [-0.4, -0.2) is 47.3 Å². The summed E-state index contributed by atoms with van der Waals surface area (Å²) in [6, 6.07) is -1.67. The molecule has 0 aromatic rings. The molecule has 0 aliphatic carbocycles. The maximum Gasteiger partial charge on any atom is 0.320 e. The molecule has 0 amide bonds. The van der Waals surface area contributed by atoms with E-state index in [9.17, 15) is 14.4 Å². The van der Waals surface area contributed by atoms with E-state index in [1.165, 1.54) is 7.11 Å². The van der Waals surface area contributed by atoms with Crippen LogP contribution in [0.1, 0.15) is 33.1 Å². The summed E-state index contributed by atoms with van der Waals surface area (Å²) in [6.07, 6.45) is 0.710. The van der Waals surface area contributed by atoms with E-state index in [1.807, 2.05) is 13.8 Å². The Morgan fingerprint density at radius 3 is 1.75 bits per heavy atom. The number of carboxylic acid groups (broad SMARTS) is 2. The molecule has 0 saturated heterocycles. The molecule has 20 heavy (non-hydrogen) atoms. The topological polar surface area (TPSA) is 153 Å². The minimum absolute atomic E-state index is 0.0456. The molecule has 0 spiro atoms. The molecule has 6 N–H and O–H groups in total. The van der Waals surface area contributed by atoms with Crippen molar-refractivity contribution >= 4 is 17.9 Å². The number of hydrogen-bond donors (Lipinski definition) is 4. The van der Waals surface area contributed by atoms with Crippen LogP contribution in [0, 0.1) is 5.92 Å². The molecule has 0 saturated carbocycles. The van der Waals surface area contributed by atoms with Crippen LogP contribution in [0.3, 0.4) is 0 Å². The first-order valence-corrected chi connectivity index (χ1v) is 6.15. The van der Waals surface area contributed by atoms with E-state index >= 15 is 0 Å². The first-order valence-electron chi connectivity index (χ1n) is 6.15. The largest absolute Gasteiger partial charge is 0.480 e. The van der Waals surface area contributed by atoms with Crippen LogP contribution in [0.15, 0.2) is 0 Å². The summed E-state index contributed by atoms with van der Waals surface area (Å²) in [5, 5.41) is 16.6. The van der Waals surface area contributed by atoms with Gasteiger partial charge in [-0.1, -0.05) is 13.8 Å². The van der Waals surface area contributed by atoms with E-state index in [4.69, 9.17) is 21.7 Å². The maximum absolute atomic E-state index is 10.5. The Kier molecular flexibility index (Phi) is 11.5. The molecule has 8 heteroatoms. The van der Waals surface area contributed by atoms with Gasteiger partial charge in [0.25, 0.3) is 0 Å². The fraction of sp³-hybridized carbons (Fsp3) is 0.750. The summed E-state index contributed by atoms with van der Waals surface area (Å²) in [7, 11) is 1.24. The second-order valence-electron chi connectivity index (χ2n) is 4.63. The summed E-state index contributed by atoms with van der Waals surface area (Å²) in [6.45, 7) is 3.89. The summed E-state index contributed by atoms with van der Waals surface area (Å²) in [4.78, 5) is 30.7. The highest BCUT2D eigenvalue weighted by Crippen LogP contribution is 2.01. The Morgan fingerprint density at radius 1 is 1.05 bits per heavy atom. The summed E-state index contributed by atoms with van der Waals surface area (Å²) in [5.41, 5.74) is 10.3. The van der Waals surface area contributed by atoms with Gasteiger partial charge in [0.15, 0.2) is 0 Å². The Hall–Kier alpha value is -1.67. The van der Waals surface area contributed by atoms with Gasteiger partial charge in [-0.2, -0.15) is 0 Å². The molecule has 0 bridgehead atoms. The number of carboxylic acids is 2. The van der Waals surface area contributed by atoms with E-state index < -0.39 is 30.0 Å². The highest BCUT2D eigenvalue weighted by atomic mass is 16.5. The molecule has 0 fully saturated rings. The standard InChI is InChI=1S/C6H11NO4.C6H13NO2/c1-11-5(8)3-2-4(7)6(9)10;1-4(2)3-5(7)6(8)9/h4H,2-3,7H2,1H3,(H,9,10);4-5H,3,7H2,1-2H3,(H,8,9). The van der Waals surface area contributed by atoms with Crippen LogP contribution in [0.25, 0.3) is 0 Å². The SMILES string of the molecule is CC(C)CC(N)C(=O)O.COC(=O)CCC(N)C(=O)O. The number of methoxy groups -OCH3 is 1. The summed E-state index contributed by atoms with van der Waals surface area (Å²) in [5.74, 6) is -2.10. The highest BCUT2D eigenvalue weighted by Gasteiger charge is 2.13. The van der Waals surface area contributed by atoms with Crippen molar-refractivity contribution in [2.75, 3.05) is 7.11 Å². The highest BCUT2D eigenvalue weighted by molar-refractivity contribution is 5.75. The first kappa shape index (κ1) is 20.6. The minimum atomic E-state index is -1.10. The zero-order valence-electron chi connectivity index (χ0n) is 12.0. The lowest BCUT2D eigenvalue weighted by Crippen LogP contribution is -2.31. The van der Waals surface area contributed by atoms with Crippen molar-refractivity contribution in [2.45, 2.75) is 45.2 Å². The Balaban J connectivity index is 0. The third kappa shape index (κ3) is 12.8. The predicted octanol–water partition coefficient (Wildman–Crippen LogP) is -0.204. The number of aliphatic carboxylic acids is 2. The average molecular weight is 292 g/mol. The van der Waals surface area contributed by atoms with Gasteiger partial charge in [-0.15, -0.1) is 0 Å². The van der Waals surface area contributed by atoms with Gasteiger partial charge >= 0.3 is 17.9 Å². The van der Waals surface area contributed by atoms with Crippen molar-refractivity contribution in [1.82, 2.24) is 0 Å².